The van der Waals surface area contributed by atoms with Crippen molar-refractivity contribution in [3.05, 3.63) is 23.8 Å². The van der Waals surface area contributed by atoms with Gasteiger partial charge in [-0.1, -0.05) is 0 Å². The Labute approximate surface area is 110 Å². The van der Waals surface area contributed by atoms with Crippen LogP contribution in [0.1, 0.15) is 10.4 Å². The van der Waals surface area contributed by atoms with E-state index in [-0.39, 0.29) is 29.4 Å². The Kier molecular flexibility index (Phi) is 4.00. The topological polar surface area (TPSA) is 93.8 Å². The fraction of sp³-hybridized carbons (Fsp3) is 0.385. The highest BCUT2D eigenvalue weighted by atomic mass is 16.5. The zero-order chi connectivity index (χ0) is 13.8. The third kappa shape index (κ3) is 3.22. The second kappa shape index (κ2) is 5.69. The molecule has 0 amide bonds. The van der Waals surface area contributed by atoms with Gasteiger partial charge in [0.15, 0.2) is 11.9 Å². The van der Waals surface area contributed by atoms with Crippen LogP contribution in [0.3, 0.4) is 0 Å². The number of nitriles is 1. The number of ketones is 1. The van der Waals surface area contributed by atoms with Gasteiger partial charge in [0.2, 0.25) is 0 Å². The smallest absolute Gasteiger partial charge is 0.180 e. The van der Waals surface area contributed by atoms with E-state index >= 15 is 0 Å². The number of hydrogen-bond donors (Lipinski definition) is 2. The average molecular weight is 262 g/mol. The van der Waals surface area contributed by atoms with Gasteiger partial charge >= 0.3 is 0 Å². The number of nitrogens with zero attached hydrogens (tertiary/aromatic N) is 2. The molecular weight excluding hydrogens is 248 g/mol. The summed E-state index contributed by atoms with van der Waals surface area (Å²) in [6.45, 7) is 1.47. The summed E-state index contributed by atoms with van der Waals surface area (Å²) in [5, 5.41) is 27.6. The molecule has 1 heterocycles. The first-order valence-electron chi connectivity index (χ1n) is 5.89. The molecule has 1 aliphatic rings. The Bertz CT molecular complexity index is 524. The zero-order valence-corrected chi connectivity index (χ0v) is 10.2. The van der Waals surface area contributed by atoms with Crippen LogP contribution in [-0.4, -0.2) is 53.2 Å². The first kappa shape index (κ1) is 13.3. The number of ether oxygens (including phenoxy) is 1. The molecule has 0 saturated carbocycles. The molecule has 6 nitrogen and oxygen atoms in total. The predicted octanol–water partition coefficient (Wildman–Crippen LogP) is 0.505. The van der Waals surface area contributed by atoms with Crippen LogP contribution < -0.4 is 0 Å². The highest BCUT2D eigenvalue weighted by molar-refractivity contribution is 6.00. The summed E-state index contributed by atoms with van der Waals surface area (Å²) in [4.78, 5) is 13.8. The lowest BCUT2D eigenvalue weighted by Crippen LogP contribution is -2.44. The molecule has 100 valence electrons. The molecule has 1 atom stereocenters. The van der Waals surface area contributed by atoms with Crippen LogP contribution in [0.4, 0.5) is 0 Å². The van der Waals surface area contributed by atoms with E-state index in [0.29, 0.717) is 19.7 Å². The summed E-state index contributed by atoms with van der Waals surface area (Å²) >= 11 is 0. The van der Waals surface area contributed by atoms with E-state index in [2.05, 4.69) is 0 Å². The van der Waals surface area contributed by atoms with Gasteiger partial charge in [-0.05, 0) is 12.1 Å². The van der Waals surface area contributed by atoms with Crippen molar-refractivity contribution in [2.24, 2.45) is 0 Å². The lowest BCUT2D eigenvalue weighted by Gasteiger charge is -2.28. The first-order valence-corrected chi connectivity index (χ1v) is 5.89. The molecule has 0 spiro atoms. The van der Waals surface area contributed by atoms with Gasteiger partial charge in [0.05, 0.1) is 24.8 Å². The number of morpholine rings is 1. The molecule has 1 saturated heterocycles. The number of carbonyl (C=O) groups is 1. The van der Waals surface area contributed by atoms with Crippen molar-refractivity contribution in [3.63, 3.8) is 0 Å². The van der Waals surface area contributed by atoms with Crippen LogP contribution in [0.5, 0.6) is 11.5 Å². The highest BCUT2D eigenvalue weighted by Crippen LogP contribution is 2.23. The third-order valence-electron chi connectivity index (χ3n) is 2.94. The number of phenolic OH excluding ortho intramolecular Hbond substituents is 2. The number of rotatable bonds is 3. The van der Waals surface area contributed by atoms with E-state index in [0.717, 1.165) is 6.07 Å². The van der Waals surface area contributed by atoms with Crippen LogP contribution >= 0.6 is 0 Å². The Balaban J connectivity index is 2.03. The number of phenols is 2. The van der Waals surface area contributed by atoms with E-state index in [4.69, 9.17) is 10.00 Å². The van der Waals surface area contributed by atoms with Gasteiger partial charge in [-0.15, -0.1) is 0 Å². The van der Waals surface area contributed by atoms with E-state index in [1.165, 1.54) is 12.1 Å². The number of benzene rings is 1. The second-order valence-electron chi connectivity index (χ2n) is 4.35. The van der Waals surface area contributed by atoms with Crippen molar-refractivity contribution in [3.8, 4) is 17.6 Å². The summed E-state index contributed by atoms with van der Waals surface area (Å²) < 4.78 is 5.19. The molecule has 1 aromatic carbocycles. The first-order chi connectivity index (χ1) is 9.10. The van der Waals surface area contributed by atoms with Crippen molar-refractivity contribution < 1.29 is 19.7 Å². The molecule has 1 aromatic rings. The van der Waals surface area contributed by atoms with Crippen molar-refractivity contribution in [1.29, 1.82) is 5.26 Å². The standard InChI is InChI=1S/C13H14N2O4/c14-6-10-7-15(3-4-19-10)8-13(18)11-2-1-9(16)5-12(11)17/h1-2,5,10,16-17H,3-4,7-8H2. The molecule has 0 radical (unpaired) electrons. The fourth-order valence-corrected chi connectivity index (χ4v) is 1.97. The normalized spacial score (nSPS) is 19.8. The summed E-state index contributed by atoms with van der Waals surface area (Å²) in [5.74, 6) is -0.587. The van der Waals surface area contributed by atoms with Gasteiger partial charge in [0.25, 0.3) is 0 Å². The molecule has 2 N–H and O–H groups in total. The molecule has 0 aromatic heterocycles. The fourth-order valence-electron chi connectivity index (χ4n) is 1.97. The Morgan fingerprint density at radius 1 is 1.53 bits per heavy atom. The Morgan fingerprint density at radius 3 is 3.00 bits per heavy atom. The summed E-state index contributed by atoms with van der Waals surface area (Å²) in [7, 11) is 0. The number of aromatic hydroxyl groups is 2. The predicted molar refractivity (Wildman–Crippen MR) is 65.9 cm³/mol. The zero-order valence-electron chi connectivity index (χ0n) is 10.2. The minimum absolute atomic E-state index is 0.0926. The second-order valence-corrected chi connectivity index (χ2v) is 4.35. The third-order valence-corrected chi connectivity index (χ3v) is 2.94. The Hall–Kier alpha value is -2.10. The van der Waals surface area contributed by atoms with E-state index in [1.807, 2.05) is 11.0 Å². The van der Waals surface area contributed by atoms with E-state index in [1.54, 1.807) is 0 Å². The number of hydrogen-bond acceptors (Lipinski definition) is 6. The summed E-state index contributed by atoms with van der Waals surface area (Å²) in [6, 6.07) is 5.87. The van der Waals surface area contributed by atoms with Crippen LogP contribution in [0.2, 0.25) is 0 Å². The van der Waals surface area contributed by atoms with Crippen LogP contribution in [0.15, 0.2) is 18.2 Å². The maximum Gasteiger partial charge on any atom is 0.180 e. The van der Waals surface area contributed by atoms with Crippen LogP contribution in [-0.2, 0) is 4.74 Å². The maximum atomic E-state index is 12.0. The highest BCUT2D eigenvalue weighted by Gasteiger charge is 2.23. The lowest BCUT2D eigenvalue weighted by molar-refractivity contribution is 0.00239. The van der Waals surface area contributed by atoms with E-state index < -0.39 is 6.10 Å². The molecular formula is C13H14N2O4. The molecule has 1 aliphatic heterocycles. The molecule has 1 fully saturated rings. The minimum atomic E-state index is -0.519. The minimum Gasteiger partial charge on any atom is -0.508 e. The summed E-state index contributed by atoms with van der Waals surface area (Å²) in [5.41, 5.74) is 0.165. The largest absolute Gasteiger partial charge is 0.508 e. The molecule has 1 unspecified atom stereocenters. The van der Waals surface area contributed by atoms with E-state index in [9.17, 15) is 15.0 Å². The van der Waals surface area contributed by atoms with Crippen LogP contribution in [0.25, 0.3) is 0 Å². The van der Waals surface area contributed by atoms with Gasteiger partial charge < -0.3 is 14.9 Å². The maximum absolute atomic E-state index is 12.0. The summed E-state index contributed by atoms with van der Waals surface area (Å²) in [6.07, 6.45) is -0.519. The van der Waals surface area contributed by atoms with Crippen molar-refractivity contribution in [2.75, 3.05) is 26.2 Å². The van der Waals surface area contributed by atoms with Gasteiger partial charge in [-0.25, -0.2) is 0 Å². The quantitative estimate of drug-likeness (QED) is 0.771. The number of carbonyl (C=O) groups excluding carboxylic acids is 1. The average Bonchev–Trinajstić information content (AvgIpc) is 2.38. The van der Waals surface area contributed by atoms with Crippen LogP contribution in [0, 0.1) is 11.3 Å². The lowest BCUT2D eigenvalue weighted by atomic mass is 10.1. The van der Waals surface area contributed by atoms with Crippen molar-refractivity contribution in [1.82, 2.24) is 4.90 Å². The molecule has 0 aliphatic carbocycles. The molecule has 2 rings (SSSR count). The molecule has 0 bridgehead atoms. The molecule has 6 heteroatoms. The van der Waals surface area contributed by atoms with Gasteiger partial charge in [0, 0.05) is 19.2 Å². The van der Waals surface area contributed by atoms with Gasteiger partial charge in [-0.2, -0.15) is 5.26 Å². The van der Waals surface area contributed by atoms with Gasteiger partial charge in [0.1, 0.15) is 11.5 Å². The SMILES string of the molecule is N#CC1CN(CC(=O)c2ccc(O)cc2O)CCO1. The van der Waals surface area contributed by atoms with Crippen molar-refractivity contribution in [2.45, 2.75) is 6.10 Å². The van der Waals surface area contributed by atoms with Gasteiger partial charge in [-0.3, -0.25) is 9.69 Å². The Morgan fingerprint density at radius 2 is 2.32 bits per heavy atom. The monoisotopic (exact) mass is 262 g/mol. The van der Waals surface area contributed by atoms with Crippen molar-refractivity contribution >= 4 is 5.78 Å². The molecule has 19 heavy (non-hydrogen) atoms. The number of Topliss-reactive ketones (excluding diaryl/α,β-unsaturated/α-hetero) is 1.